The summed E-state index contributed by atoms with van der Waals surface area (Å²) in [4.78, 5) is 23.8. The molecule has 158 valence electrons. The zero-order valence-electron chi connectivity index (χ0n) is 17.1. The molecule has 1 aliphatic rings. The molecule has 1 N–H and O–H groups in total. The van der Waals surface area contributed by atoms with Crippen molar-refractivity contribution in [3.8, 4) is 11.3 Å². The van der Waals surface area contributed by atoms with Crippen molar-refractivity contribution in [1.29, 1.82) is 0 Å². The zero-order chi connectivity index (χ0) is 20.9. The number of ether oxygens (including phenoxy) is 1. The number of carbonyl (C=O) groups excluding carboxylic acids is 1. The number of aryl methyl sites for hydroxylation is 1. The number of anilines is 1. The van der Waals surface area contributed by atoms with Gasteiger partial charge in [-0.25, -0.2) is 4.98 Å². The Morgan fingerprint density at radius 3 is 3.13 bits per heavy atom. The first-order chi connectivity index (χ1) is 14.6. The molecule has 1 atom stereocenters. The molecule has 1 amide bonds. The van der Waals surface area contributed by atoms with E-state index in [1.165, 1.54) is 0 Å². The van der Waals surface area contributed by atoms with E-state index in [-0.39, 0.29) is 11.8 Å². The maximum Gasteiger partial charge on any atom is 0.227 e. The van der Waals surface area contributed by atoms with Crippen molar-refractivity contribution in [3.63, 3.8) is 0 Å². The second kappa shape index (κ2) is 9.36. The summed E-state index contributed by atoms with van der Waals surface area (Å²) in [6, 6.07) is 5.86. The number of nitrogens with one attached hydrogen (secondary N) is 1. The molecule has 0 aliphatic carbocycles. The number of nitrogens with zero attached hydrogens (tertiary/aromatic N) is 4. The van der Waals surface area contributed by atoms with Crippen LogP contribution in [0.25, 0.3) is 11.3 Å². The second-order valence-electron chi connectivity index (χ2n) is 7.41. The molecule has 1 aliphatic heterocycles. The Morgan fingerprint density at radius 1 is 1.43 bits per heavy atom. The van der Waals surface area contributed by atoms with E-state index in [0.29, 0.717) is 25.6 Å². The van der Waals surface area contributed by atoms with Gasteiger partial charge in [0.2, 0.25) is 11.8 Å². The Labute approximate surface area is 179 Å². The van der Waals surface area contributed by atoms with Crippen molar-refractivity contribution in [2.75, 3.05) is 25.1 Å². The highest BCUT2D eigenvalue weighted by molar-refractivity contribution is 7.09. The van der Waals surface area contributed by atoms with Crippen LogP contribution in [0.15, 0.2) is 34.3 Å². The Hall–Kier alpha value is -2.78. The molecule has 0 radical (unpaired) electrons. The quantitative estimate of drug-likeness (QED) is 0.619. The molecule has 1 fully saturated rings. The molecular formula is C21H25N5O3S. The summed E-state index contributed by atoms with van der Waals surface area (Å²) < 4.78 is 10.5. The Kier molecular flexibility index (Phi) is 6.39. The van der Waals surface area contributed by atoms with Crippen LogP contribution in [-0.4, -0.2) is 41.2 Å². The van der Waals surface area contributed by atoms with Crippen LogP contribution >= 0.6 is 11.3 Å². The highest BCUT2D eigenvalue weighted by atomic mass is 32.1. The first-order valence-corrected chi connectivity index (χ1v) is 10.8. The van der Waals surface area contributed by atoms with Crippen molar-refractivity contribution >= 4 is 23.1 Å². The Balaban J connectivity index is 1.32. The fourth-order valence-electron chi connectivity index (χ4n) is 3.51. The summed E-state index contributed by atoms with van der Waals surface area (Å²) in [5.41, 5.74) is 3.60. The van der Waals surface area contributed by atoms with Gasteiger partial charge in [-0.3, -0.25) is 9.78 Å². The van der Waals surface area contributed by atoms with Gasteiger partial charge < -0.3 is 19.5 Å². The van der Waals surface area contributed by atoms with Gasteiger partial charge in [0.1, 0.15) is 10.7 Å². The zero-order valence-corrected chi connectivity index (χ0v) is 17.9. The van der Waals surface area contributed by atoms with Gasteiger partial charge in [-0.05, 0) is 31.9 Å². The molecule has 0 unspecified atom stereocenters. The number of rotatable bonds is 7. The summed E-state index contributed by atoms with van der Waals surface area (Å²) in [5, 5.41) is 9.92. The monoisotopic (exact) mass is 427 g/mol. The molecular weight excluding hydrogens is 402 g/mol. The van der Waals surface area contributed by atoms with Crippen molar-refractivity contribution in [2.24, 2.45) is 5.92 Å². The van der Waals surface area contributed by atoms with E-state index in [1.54, 1.807) is 18.4 Å². The van der Waals surface area contributed by atoms with Gasteiger partial charge in [0.15, 0.2) is 0 Å². The highest BCUT2D eigenvalue weighted by Crippen LogP contribution is 2.25. The third-order valence-corrected chi connectivity index (χ3v) is 5.96. The number of hydrogen-bond acceptors (Lipinski definition) is 8. The van der Waals surface area contributed by atoms with Gasteiger partial charge in [-0.15, -0.1) is 11.3 Å². The third-order valence-electron chi connectivity index (χ3n) is 5.12. The number of thiazole rings is 1. The van der Waals surface area contributed by atoms with E-state index in [2.05, 4.69) is 25.3 Å². The van der Waals surface area contributed by atoms with E-state index in [4.69, 9.17) is 9.26 Å². The molecule has 0 saturated carbocycles. The number of hydrogen-bond donors (Lipinski definition) is 1. The van der Waals surface area contributed by atoms with Gasteiger partial charge in [-0.2, -0.15) is 0 Å². The van der Waals surface area contributed by atoms with E-state index in [1.807, 2.05) is 36.7 Å². The maximum atomic E-state index is 12.7. The van der Waals surface area contributed by atoms with Gasteiger partial charge in [0.05, 0.1) is 24.8 Å². The molecule has 0 spiro atoms. The smallest absolute Gasteiger partial charge is 0.227 e. The van der Waals surface area contributed by atoms with Crippen molar-refractivity contribution < 1.29 is 14.1 Å². The van der Waals surface area contributed by atoms with Crippen LogP contribution in [0.5, 0.6) is 0 Å². The number of piperidine rings is 1. The number of amides is 1. The van der Waals surface area contributed by atoms with Crippen LogP contribution in [0.3, 0.4) is 0 Å². The van der Waals surface area contributed by atoms with Crippen molar-refractivity contribution in [1.82, 2.24) is 20.4 Å². The van der Waals surface area contributed by atoms with Crippen LogP contribution in [0.2, 0.25) is 0 Å². The number of pyridine rings is 1. The molecule has 3 aromatic rings. The van der Waals surface area contributed by atoms with Gasteiger partial charge in [0.25, 0.3) is 0 Å². The highest BCUT2D eigenvalue weighted by Gasteiger charge is 2.27. The minimum atomic E-state index is -0.0875. The lowest BCUT2D eigenvalue weighted by Gasteiger charge is -2.31. The fraction of sp³-hybridized carbons (Fsp3) is 0.429. The largest absolute Gasteiger partial charge is 0.378 e. The summed E-state index contributed by atoms with van der Waals surface area (Å²) in [6.07, 6.45) is 3.62. The lowest BCUT2D eigenvalue weighted by atomic mass is 9.97. The Bertz CT molecular complexity index is 985. The van der Waals surface area contributed by atoms with Crippen molar-refractivity contribution in [3.05, 3.63) is 46.2 Å². The topological polar surface area (TPSA) is 93.4 Å². The summed E-state index contributed by atoms with van der Waals surface area (Å²) in [5.74, 6) is 0.649. The average Bonchev–Trinajstić information content (AvgIpc) is 3.43. The normalized spacial score (nSPS) is 16.6. The van der Waals surface area contributed by atoms with E-state index in [0.717, 1.165) is 47.0 Å². The van der Waals surface area contributed by atoms with Gasteiger partial charge in [0, 0.05) is 49.1 Å². The van der Waals surface area contributed by atoms with Crippen LogP contribution in [0.1, 0.15) is 29.2 Å². The molecule has 3 aromatic heterocycles. The molecule has 1 saturated heterocycles. The molecule has 0 aromatic carbocycles. The van der Waals surface area contributed by atoms with E-state index < -0.39 is 0 Å². The van der Waals surface area contributed by atoms with Crippen LogP contribution < -0.4 is 10.2 Å². The average molecular weight is 428 g/mol. The van der Waals surface area contributed by atoms with Crippen molar-refractivity contribution in [2.45, 2.75) is 32.9 Å². The molecule has 8 nitrogen and oxygen atoms in total. The standard InChI is InChI=1S/C21H25N5O3S/c1-14-5-6-15(9-22-14)18-13-30-19(24-18)10-23-21(27)16-4-3-7-26(11-16)20-8-17(12-28-2)25-29-20/h5-6,8-9,13,16H,3-4,7,10-12H2,1-2H3,(H,23,27)/t16-/m0/s1. The molecule has 4 heterocycles. The Morgan fingerprint density at radius 2 is 2.33 bits per heavy atom. The maximum absolute atomic E-state index is 12.7. The minimum absolute atomic E-state index is 0.0464. The molecule has 0 bridgehead atoms. The summed E-state index contributed by atoms with van der Waals surface area (Å²) >= 11 is 1.54. The van der Waals surface area contributed by atoms with Gasteiger partial charge >= 0.3 is 0 Å². The molecule has 4 rings (SSSR count). The van der Waals surface area contributed by atoms with E-state index >= 15 is 0 Å². The summed E-state index contributed by atoms with van der Waals surface area (Å²) in [6.45, 7) is 4.27. The predicted octanol–water partition coefficient (Wildman–Crippen LogP) is 3.18. The predicted molar refractivity (Wildman–Crippen MR) is 114 cm³/mol. The van der Waals surface area contributed by atoms with E-state index in [9.17, 15) is 4.79 Å². The van der Waals surface area contributed by atoms with Crippen LogP contribution in [0, 0.1) is 12.8 Å². The second-order valence-corrected chi connectivity index (χ2v) is 8.35. The lowest BCUT2D eigenvalue weighted by Crippen LogP contribution is -2.42. The SMILES string of the molecule is COCc1cc(N2CCC[C@H](C(=O)NCc3nc(-c4ccc(C)nc4)cs3)C2)on1. The first-order valence-electron chi connectivity index (χ1n) is 9.97. The van der Waals surface area contributed by atoms with Crippen LogP contribution in [0.4, 0.5) is 5.88 Å². The number of carbonyl (C=O) groups is 1. The lowest BCUT2D eigenvalue weighted by molar-refractivity contribution is -0.125. The molecule has 9 heteroatoms. The summed E-state index contributed by atoms with van der Waals surface area (Å²) in [7, 11) is 1.62. The minimum Gasteiger partial charge on any atom is -0.378 e. The first kappa shape index (κ1) is 20.5. The fourth-order valence-corrected chi connectivity index (χ4v) is 4.25. The number of aromatic nitrogens is 3. The number of methoxy groups -OCH3 is 1. The molecule has 30 heavy (non-hydrogen) atoms. The van der Waals surface area contributed by atoms with Crippen LogP contribution in [-0.2, 0) is 22.7 Å². The van der Waals surface area contributed by atoms with Gasteiger partial charge in [-0.1, -0.05) is 5.16 Å². The third kappa shape index (κ3) is 4.85.